The van der Waals surface area contributed by atoms with Crippen LogP contribution in [0, 0.1) is 18.7 Å². The van der Waals surface area contributed by atoms with Crippen LogP contribution in [0.25, 0.3) is 0 Å². The number of benzene rings is 1. The van der Waals surface area contributed by atoms with Gasteiger partial charge in [-0.1, -0.05) is 13.0 Å². The molecule has 3 heteroatoms. The van der Waals surface area contributed by atoms with E-state index in [1.807, 2.05) is 13.0 Å². The van der Waals surface area contributed by atoms with Gasteiger partial charge in [0.25, 0.3) is 0 Å². The van der Waals surface area contributed by atoms with Gasteiger partial charge in [0.2, 0.25) is 0 Å². The number of hydrogen-bond donors (Lipinski definition) is 1. The zero-order valence-electron chi connectivity index (χ0n) is 11.6. The molecule has 0 saturated carbocycles. The van der Waals surface area contributed by atoms with Crippen LogP contribution in [0.1, 0.15) is 24.5 Å². The monoisotopic (exact) mass is 253 g/mol. The van der Waals surface area contributed by atoms with Crippen LogP contribution in [0.15, 0.2) is 18.2 Å². The molecule has 0 aliphatic heterocycles. The molecule has 1 aromatic carbocycles. The van der Waals surface area contributed by atoms with Gasteiger partial charge < -0.3 is 10.1 Å². The number of rotatable bonds is 8. The summed E-state index contributed by atoms with van der Waals surface area (Å²) in [5.41, 5.74) is 2.30. The minimum atomic E-state index is -0.138. The fourth-order valence-corrected chi connectivity index (χ4v) is 1.94. The maximum absolute atomic E-state index is 13.1. The first-order valence-corrected chi connectivity index (χ1v) is 6.58. The van der Waals surface area contributed by atoms with Gasteiger partial charge in [0.15, 0.2) is 0 Å². The van der Waals surface area contributed by atoms with Gasteiger partial charge in [-0.05, 0) is 55.5 Å². The topological polar surface area (TPSA) is 21.3 Å². The second-order valence-corrected chi connectivity index (χ2v) is 4.91. The zero-order chi connectivity index (χ0) is 13.4. The number of ether oxygens (including phenoxy) is 1. The van der Waals surface area contributed by atoms with E-state index in [9.17, 15) is 4.39 Å². The molecule has 18 heavy (non-hydrogen) atoms. The summed E-state index contributed by atoms with van der Waals surface area (Å²) in [7, 11) is 1.71. The van der Waals surface area contributed by atoms with Crippen molar-refractivity contribution in [3.63, 3.8) is 0 Å². The zero-order valence-corrected chi connectivity index (χ0v) is 11.6. The van der Waals surface area contributed by atoms with Crippen LogP contribution in [-0.2, 0) is 11.2 Å². The highest BCUT2D eigenvalue weighted by atomic mass is 19.1. The van der Waals surface area contributed by atoms with E-state index in [2.05, 4.69) is 12.2 Å². The van der Waals surface area contributed by atoms with Crippen LogP contribution < -0.4 is 5.32 Å². The minimum absolute atomic E-state index is 0.138. The Kier molecular flexibility index (Phi) is 6.91. The largest absolute Gasteiger partial charge is 0.383 e. The van der Waals surface area contributed by atoms with Crippen LogP contribution >= 0.6 is 0 Å². The van der Waals surface area contributed by atoms with E-state index in [1.54, 1.807) is 13.2 Å². The van der Waals surface area contributed by atoms with E-state index in [0.29, 0.717) is 5.92 Å². The van der Waals surface area contributed by atoms with E-state index < -0.39 is 0 Å². The molecule has 1 atom stereocenters. The number of methoxy groups -OCH3 is 1. The number of aryl methyl sites for hydroxylation is 2. The molecule has 0 fully saturated rings. The van der Waals surface area contributed by atoms with Crippen molar-refractivity contribution in [1.82, 2.24) is 5.32 Å². The minimum Gasteiger partial charge on any atom is -0.383 e. The van der Waals surface area contributed by atoms with Gasteiger partial charge in [0.1, 0.15) is 5.82 Å². The molecule has 0 amide bonds. The Hall–Kier alpha value is -0.930. The number of hydrogen-bond acceptors (Lipinski definition) is 2. The summed E-state index contributed by atoms with van der Waals surface area (Å²) in [6.45, 7) is 6.87. The van der Waals surface area contributed by atoms with Gasteiger partial charge in [-0.25, -0.2) is 4.39 Å². The summed E-state index contributed by atoms with van der Waals surface area (Å²) in [5.74, 6) is 0.450. The molecule has 102 valence electrons. The summed E-state index contributed by atoms with van der Waals surface area (Å²) < 4.78 is 18.1. The van der Waals surface area contributed by atoms with Gasteiger partial charge in [0, 0.05) is 13.7 Å². The lowest BCUT2D eigenvalue weighted by Crippen LogP contribution is -2.25. The fourth-order valence-electron chi connectivity index (χ4n) is 1.94. The summed E-state index contributed by atoms with van der Waals surface area (Å²) >= 11 is 0. The first kappa shape index (κ1) is 15.1. The molecule has 0 bridgehead atoms. The van der Waals surface area contributed by atoms with Crippen LogP contribution in [-0.4, -0.2) is 26.8 Å². The first-order chi connectivity index (χ1) is 8.63. The third kappa shape index (κ3) is 5.61. The molecule has 2 nitrogen and oxygen atoms in total. The summed E-state index contributed by atoms with van der Waals surface area (Å²) in [5, 5.41) is 3.35. The first-order valence-electron chi connectivity index (χ1n) is 6.58. The summed E-state index contributed by atoms with van der Waals surface area (Å²) in [4.78, 5) is 0. The molecule has 0 heterocycles. The molecule has 0 aliphatic rings. The van der Waals surface area contributed by atoms with Gasteiger partial charge in [-0.15, -0.1) is 0 Å². The molecular weight excluding hydrogens is 229 g/mol. The normalized spacial score (nSPS) is 12.7. The molecule has 0 aromatic heterocycles. The highest BCUT2D eigenvalue weighted by Crippen LogP contribution is 2.15. The van der Waals surface area contributed by atoms with Crippen molar-refractivity contribution in [3.05, 3.63) is 35.1 Å². The highest BCUT2D eigenvalue weighted by Gasteiger charge is 2.05. The number of halogens is 1. The summed E-state index contributed by atoms with van der Waals surface area (Å²) in [6.07, 6.45) is 2.01. The van der Waals surface area contributed by atoms with E-state index in [1.165, 1.54) is 11.6 Å². The maximum Gasteiger partial charge on any atom is 0.123 e. The second kappa shape index (κ2) is 8.22. The third-order valence-corrected chi connectivity index (χ3v) is 3.19. The van der Waals surface area contributed by atoms with Crippen molar-refractivity contribution < 1.29 is 9.13 Å². The average molecular weight is 253 g/mol. The van der Waals surface area contributed by atoms with Crippen molar-refractivity contribution in [2.45, 2.75) is 26.7 Å². The molecule has 0 radical (unpaired) electrons. The standard InChI is InChI=1S/C15H24FNO/c1-12(11-17-8-9-18-3)4-6-14-10-15(16)7-5-13(14)2/h5,7,10,12,17H,4,6,8-9,11H2,1-3H3. The molecule has 1 unspecified atom stereocenters. The van der Waals surface area contributed by atoms with Crippen LogP contribution in [0.4, 0.5) is 4.39 Å². The molecule has 1 rings (SSSR count). The Labute approximate surface area is 110 Å². The average Bonchev–Trinajstić information content (AvgIpc) is 2.36. The molecule has 0 spiro atoms. The van der Waals surface area contributed by atoms with Gasteiger partial charge >= 0.3 is 0 Å². The molecule has 0 saturated heterocycles. The van der Waals surface area contributed by atoms with Gasteiger partial charge in [0.05, 0.1) is 6.61 Å². The van der Waals surface area contributed by atoms with Crippen molar-refractivity contribution >= 4 is 0 Å². The highest BCUT2D eigenvalue weighted by molar-refractivity contribution is 5.26. The third-order valence-electron chi connectivity index (χ3n) is 3.19. The van der Waals surface area contributed by atoms with Gasteiger partial charge in [-0.3, -0.25) is 0 Å². The van der Waals surface area contributed by atoms with E-state index in [0.717, 1.165) is 38.1 Å². The van der Waals surface area contributed by atoms with Crippen molar-refractivity contribution in [3.8, 4) is 0 Å². The smallest absolute Gasteiger partial charge is 0.123 e. The van der Waals surface area contributed by atoms with Crippen LogP contribution in [0.3, 0.4) is 0 Å². The molecule has 1 aromatic rings. The Bertz CT molecular complexity index is 354. The van der Waals surface area contributed by atoms with Crippen molar-refractivity contribution in [2.75, 3.05) is 26.8 Å². The van der Waals surface area contributed by atoms with E-state index in [4.69, 9.17) is 4.74 Å². The lowest BCUT2D eigenvalue weighted by Gasteiger charge is -2.13. The summed E-state index contributed by atoms with van der Waals surface area (Å²) in [6, 6.07) is 5.03. The lowest BCUT2D eigenvalue weighted by molar-refractivity contribution is 0.198. The van der Waals surface area contributed by atoms with E-state index in [-0.39, 0.29) is 5.82 Å². The predicted octanol–water partition coefficient (Wildman–Crippen LogP) is 2.94. The lowest BCUT2D eigenvalue weighted by atomic mass is 9.98. The number of nitrogens with one attached hydrogen (secondary N) is 1. The molecular formula is C15H24FNO. The fraction of sp³-hybridized carbons (Fsp3) is 0.600. The molecule has 1 N–H and O–H groups in total. The second-order valence-electron chi connectivity index (χ2n) is 4.91. The Morgan fingerprint density at radius 2 is 2.17 bits per heavy atom. The maximum atomic E-state index is 13.1. The Morgan fingerprint density at radius 3 is 2.89 bits per heavy atom. The van der Waals surface area contributed by atoms with E-state index >= 15 is 0 Å². The van der Waals surface area contributed by atoms with Crippen LogP contribution in [0.5, 0.6) is 0 Å². The Balaban J connectivity index is 2.29. The van der Waals surface area contributed by atoms with Crippen molar-refractivity contribution in [1.29, 1.82) is 0 Å². The quantitative estimate of drug-likeness (QED) is 0.719. The SMILES string of the molecule is COCCNCC(C)CCc1cc(F)ccc1C. The Morgan fingerprint density at radius 1 is 1.39 bits per heavy atom. The predicted molar refractivity (Wildman–Crippen MR) is 73.4 cm³/mol. The molecule has 0 aliphatic carbocycles. The van der Waals surface area contributed by atoms with Crippen molar-refractivity contribution in [2.24, 2.45) is 5.92 Å². The van der Waals surface area contributed by atoms with Gasteiger partial charge in [-0.2, -0.15) is 0 Å². The van der Waals surface area contributed by atoms with Crippen LogP contribution in [0.2, 0.25) is 0 Å².